The maximum Gasteiger partial charge on any atom is 0.338 e. The highest BCUT2D eigenvalue weighted by molar-refractivity contribution is 8.14. The molecule has 2 aliphatic heterocycles. The van der Waals surface area contributed by atoms with Crippen molar-refractivity contribution >= 4 is 28.6 Å². The van der Waals surface area contributed by atoms with Crippen molar-refractivity contribution in [1.82, 2.24) is 4.90 Å². The molecule has 0 aliphatic carbocycles. The van der Waals surface area contributed by atoms with E-state index in [0.29, 0.717) is 35.0 Å². The molecule has 166 valence electrons. The number of carbonyl (C=O) groups is 1. The number of hydrogen-bond acceptors (Lipinski definition) is 8. The number of hydrogen-bond donors (Lipinski definition) is 1. The summed E-state index contributed by atoms with van der Waals surface area (Å²) in [5, 5.41) is 23.7. The largest absolute Gasteiger partial charge is 0.466 e. The van der Waals surface area contributed by atoms with Crippen molar-refractivity contribution < 1.29 is 19.6 Å². The first-order valence-electron chi connectivity index (χ1n) is 10.1. The van der Waals surface area contributed by atoms with Gasteiger partial charge in [-0.1, -0.05) is 54.2 Å². The van der Waals surface area contributed by atoms with Gasteiger partial charge in [-0.2, -0.15) is 0 Å². The van der Waals surface area contributed by atoms with E-state index in [1.165, 1.54) is 31.0 Å². The Morgan fingerprint density at radius 2 is 2.06 bits per heavy atom. The number of aryl methyl sites for hydroxylation is 1. The molecule has 0 bridgehead atoms. The van der Waals surface area contributed by atoms with E-state index in [1.807, 2.05) is 30.3 Å². The topological polar surface area (TPSA) is 105 Å². The maximum absolute atomic E-state index is 12.8. The number of allylic oxidation sites excluding steroid dienone is 1. The van der Waals surface area contributed by atoms with Crippen molar-refractivity contribution in [1.29, 1.82) is 0 Å². The lowest BCUT2D eigenvalue weighted by Gasteiger charge is -2.42. The number of carbonyl (C=O) groups excluding carboxylic acids is 1. The fourth-order valence-electron chi connectivity index (χ4n) is 4.14. The number of non-ortho nitro benzene ring substituents is 1. The first kappa shape index (κ1) is 22.0. The third kappa shape index (κ3) is 4.01. The molecule has 2 aromatic carbocycles. The van der Waals surface area contributed by atoms with Gasteiger partial charge in [0.1, 0.15) is 5.72 Å². The van der Waals surface area contributed by atoms with E-state index >= 15 is 0 Å². The molecular formula is C23H23N3O5S. The zero-order valence-corrected chi connectivity index (χ0v) is 18.5. The van der Waals surface area contributed by atoms with E-state index in [1.54, 1.807) is 24.0 Å². The molecule has 0 spiro atoms. The third-order valence-corrected chi connectivity index (χ3v) is 6.88. The molecule has 0 radical (unpaired) electrons. The first-order valence-corrected chi connectivity index (χ1v) is 11.1. The third-order valence-electron chi connectivity index (χ3n) is 5.73. The summed E-state index contributed by atoms with van der Waals surface area (Å²) >= 11 is 1.41. The number of benzene rings is 2. The van der Waals surface area contributed by atoms with Crippen LogP contribution in [0.3, 0.4) is 0 Å². The number of nitro benzene ring substituents is 1. The molecule has 0 saturated carbocycles. The Hall–Kier alpha value is -3.17. The van der Waals surface area contributed by atoms with Crippen LogP contribution >= 0.6 is 11.8 Å². The number of aliphatic hydroxyl groups is 1. The number of nitro groups is 1. The first-order chi connectivity index (χ1) is 15.3. The fraction of sp³-hybridized carbons (Fsp3) is 0.304. The van der Waals surface area contributed by atoms with E-state index in [2.05, 4.69) is 4.99 Å². The Labute approximate surface area is 189 Å². The molecule has 2 aliphatic rings. The molecule has 2 aromatic rings. The number of methoxy groups -OCH3 is 1. The smallest absolute Gasteiger partial charge is 0.338 e. The predicted molar refractivity (Wildman–Crippen MR) is 122 cm³/mol. The molecule has 1 fully saturated rings. The zero-order valence-electron chi connectivity index (χ0n) is 17.7. The zero-order chi connectivity index (χ0) is 22.9. The van der Waals surface area contributed by atoms with Gasteiger partial charge in [0.2, 0.25) is 0 Å². The lowest BCUT2D eigenvalue weighted by Crippen LogP contribution is -2.52. The van der Waals surface area contributed by atoms with Gasteiger partial charge in [0, 0.05) is 24.3 Å². The quantitative estimate of drug-likeness (QED) is 0.403. The molecule has 2 heterocycles. The highest BCUT2D eigenvalue weighted by Crippen LogP contribution is 2.48. The Morgan fingerprint density at radius 1 is 1.31 bits per heavy atom. The van der Waals surface area contributed by atoms with Crippen LogP contribution in [-0.4, -0.2) is 44.7 Å². The number of thioether (sulfide) groups is 1. The normalized spacial score (nSPS) is 22.4. The fourth-order valence-corrected chi connectivity index (χ4v) is 5.40. The number of ether oxygens (including phenoxy) is 1. The molecular weight excluding hydrogens is 430 g/mol. The minimum absolute atomic E-state index is 0.0897. The summed E-state index contributed by atoms with van der Waals surface area (Å²) in [6.45, 7) is 1.71. The van der Waals surface area contributed by atoms with Crippen molar-refractivity contribution in [3.05, 3.63) is 87.1 Å². The molecule has 32 heavy (non-hydrogen) atoms. The predicted octanol–water partition coefficient (Wildman–Crippen LogP) is 3.82. The Bertz CT molecular complexity index is 1120. The van der Waals surface area contributed by atoms with Gasteiger partial charge in [-0.15, -0.1) is 0 Å². The van der Waals surface area contributed by atoms with Gasteiger partial charge in [-0.25, -0.2) is 9.79 Å². The molecule has 8 nitrogen and oxygen atoms in total. The number of aliphatic imine (C=N–C) groups is 1. The second-order valence-electron chi connectivity index (χ2n) is 7.77. The van der Waals surface area contributed by atoms with Crippen LogP contribution in [0.5, 0.6) is 0 Å². The van der Waals surface area contributed by atoms with Gasteiger partial charge in [0.25, 0.3) is 5.69 Å². The summed E-state index contributed by atoms with van der Waals surface area (Å²) in [7, 11) is 1.28. The van der Waals surface area contributed by atoms with Gasteiger partial charge in [-0.05, 0) is 24.5 Å². The molecule has 4 rings (SSSR count). The van der Waals surface area contributed by atoms with E-state index in [0.717, 1.165) is 5.56 Å². The molecule has 1 N–H and O–H groups in total. The standard InChI is InChI=1S/C23H23N3O5S/c1-15-19(21(27)31-2)20(17-9-6-10-18(13-17)26(29)30)25-22(24-15)32-14-23(25,28)12-11-16-7-4-3-5-8-16/h3-10,13,20,28H,11-12,14H2,1-2H3. The second kappa shape index (κ2) is 8.76. The molecule has 2 unspecified atom stereocenters. The lowest BCUT2D eigenvalue weighted by atomic mass is 9.91. The van der Waals surface area contributed by atoms with Crippen molar-refractivity contribution in [2.24, 2.45) is 4.99 Å². The molecule has 9 heteroatoms. The summed E-state index contributed by atoms with van der Waals surface area (Å²) in [6.07, 6.45) is 1.03. The monoisotopic (exact) mass is 453 g/mol. The van der Waals surface area contributed by atoms with Gasteiger partial charge >= 0.3 is 5.97 Å². The SMILES string of the molecule is COC(=O)C1=C(C)N=C2SCC(O)(CCc3ccccc3)N2C1c1cccc([N+](=O)[O-])c1. The van der Waals surface area contributed by atoms with Gasteiger partial charge in [0.05, 0.1) is 29.3 Å². The van der Waals surface area contributed by atoms with Crippen molar-refractivity contribution in [2.45, 2.75) is 31.5 Å². The Balaban J connectivity index is 1.78. The Kier molecular flexibility index (Phi) is 6.03. The average Bonchev–Trinajstić information content (AvgIpc) is 3.13. The minimum atomic E-state index is -1.30. The van der Waals surface area contributed by atoms with Crippen LogP contribution in [0.2, 0.25) is 0 Å². The van der Waals surface area contributed by atoms with Gasteiger partial charge in [-0.3, -0.25) is 10.1 Å². The van der Waals surface area contributed by atoms with E-state index in [-0.39, 0.29) is 11.3 Å². The van der Waals surface area contributed by atoms with Crippen LogP contribution in [-0.2, 0) is 16.0 Å². The second-order valence-corrected chi connectivity index (χ2v) is 8.71. The summed E-state index contributed by atoms with van der Waals surface area (Å²) in [6, 6.07) is 15.2. The van der Waals surface area contributed by atoms with E-state index in [4.69, 9.17) is 4.74 Å². The summed E-state index contributed by atoms with van der Waals surface area (Å²) in [4.78, 5) is 30.0. The van der Waals surface area contributed by atoms with Crippen molar-refractivity contribution in [3.63, 3.8) is 0 Å². The highest BCUT2D eigenvalue weighted by atomic mass is 32.2. The van der Waals surface area contributed by atoms with Crippen LogP contribution in [0.1, 0.15) is 30.5 Å². The number of rotatable bonds is 6. The van der Waals surface area contributed by atoms with Crippen LogP contribution in [0, 0.1) is 10.1 Å². The number of fused-ring (bicyclic) bond motifs is 1. The lowest BCUT2D eigenvalue weighted by molar-refractivity contribution is -0.385. The van der Waals surface area contributed by atoms with Crippen LogP contribution in [0.4, 0.5) is 5.69 Å². The van der Waals surface area contributed by atoms with Gasteiger partial charge in [0.15, 0.2) is 5.17 Å². The summed E-state index contributed by atoms with van der Waals surface area (Å²) in [5.74, 6) is -0.213. The highest BCUT2D eigenvalue weighted by Gasteiger charge is 2.51. The van der Waals surface area contributed by atoms with Crippen molar-refractivity contribution in [3.8, 4) is 0 Å². The van der Waals surface area contributed by atoms with Crippen LogP contribution in [0.15, 0.2) is 70.9 Å². The number of nitrogens with zero attached hydrogens (tertiary/aromatic N) is 3. The summed E-state index contributed by atoms with van der Waals surface area (Å²) < 4.78 is 5.02. The number of esters is 1. The van der Waals surface area contributed by atoms with E-state index in [9.17, 15) is 20.0 Å². The van der Waals surface area contributed by atoms with Crippen LogP contribution < -0.4 is 0 Å². The average molecular weight is 454 g/mol. The summed E-state index contributed by atoms with van der Waals surface area (Å²) in [5.41, 5.74) is 0.950. The minimum Gasteiger partial charge on any atom is -0.466 e. The Morgan fingerprint density at radius 3 is 2.75 bits per heavy atom. The molecule has 1 saturated heterocycles. The van der Waals surface area contributed by atoms with Crippen molar-refractivity contribution in [2.75, 3.05) is 12.9 Å². The molecule has 0 aromatic heterocycles. The van der Waals surface area contributed by atoms with Gasteiger partial charge < -0.3 is 14.7 Å². The molecule has 0 amide bonds. The van der Waals surface area contributed by atoms with Crippen LogP contribution in [0.25, 0.3) is 0 Å². The maximum atomic E-state index is 12.8. The molecule has 2 atom stereocenters. The number of amidine groups is 1. The van der Waals surface area contributed by atoms with E-state index < -0.39 is 22.7 Å².